The molecule has 6 fully saturated rings. The van der Waals surface area contributed by atoms with E-state index >= 15 is 0 Å². The van der Waals surface area contributed by atoms with Gasteiger partial charge in [-0.25, -0.2) is 14.6 Å². The molecule has 1 spiro atoms. The van der Waals surface area contributed by atoms with Crippen LogP contribution in [0.1, 0.15) is 85.0 Å². The first-order valence-corrected chi connectivity index (χ1v) is 14.3. The molecule has 6 aliphatic rings. The highest BCUT2D eigenvalue weighted by Crippen LogP contribution is 2.60. The molecule has 40 heavy (non-hydrogen) atoms. The lowest BCUT2D eigenvalue weighted by Crippen LogP contribution is -2.70. The molecule has 13 heteroatoms. The van der Waals surface area contributed by atoms with Gasteiger partial charge in [-0.05, 0) is 44.4 Å². The highest BCUT2D eigenvalue weighted by atomic mass is 17.3. The molecule has 5 saturated heterocycles. The predicted molar refractivity (Wildman–Crippen MR) is 132 cm³/mol. The van der Waals surface area contributed by atoms with E-state index in [1.807, 2.05) is 13.8 Å². The van der Waals surface area contributed by atoms with E-state index in [2.05, 4.69) is 12.2 Å². The van der Waals surface area contributed by atoms with E-state index in [9.17, 15) is 24.0 Å². The second kappa shape index (κ2) is 11.3. The molecule has 13 nitrogen and oxygen atoms in total. The standard InChI is InChI=1S/C27H38N2O11/c1-15-6-7-18-16(2)24(36-25-27(18)17(15)12-13-26(3,37-25)39-40-27)35-22(33)11-8-19(30)28-14-4-5-23(34)38-29-20(31)9-10-21(29)32/h15-18,24-25H,4-14H2,1-3H3,(H,28,30)/t15-,16+,17+,18+,24-,25+,26+,27-/m1/s1. The number of fused-ring (bicyclic) bond motifs is 2. The molecule has 0 radical (unpaired) electrons. The lowest BCUT2D eigenvalue weighted by Gasteiger charge is -2.59. The lowest BCUT2D eigenvalue weighted by atomic mass is 9.58. The maximum absolute atomic E-state index is 12.7. The van der Waals surface area contributed by atoms with Crippen molar-refractivity contribution in [1.82, 2.24) is 10.4 Å². The van der Waals surface area contributed by atoms with Gasteiger partial charge < -0.3 is 24.4 Å². The van der Waals surface area contributed by atoms with E-state index < -0.39 is 47.7 Å². The first kappa shape index (κ1) is 28.9. The Hall–Kier alpha value is -2.61. The number of amides is 3. The quantitative estimate of drug-likeness (QED) is 0.188. The molecule has 5 heterocycles. The van der Waals surface area contributed by atoms with Gasteiger partial charge in [0.05, 0.1) is 6.42 Å². The predicted octanol–water partition coefficient (Wildman–Crippen LogP) is 2.02. The van der Waals surface area contributed by atoms with Crippen LogP contribution in [0.4, 0.5) is 0 Å². The zero-order valence-corrected chi connectivity index (χ0v) is 23.2. The van der Waals surface area contributed by atoms with Crippen LogP contribution < -0.4 is 5.32 Å². The van der Waals surface area contributed by atoms with Gasteiger partial charge in [-0.1, -0.05) is 13.8 Å². The smallest absolute Gasteiger partial charge is 0.333 e. The van der Waals surface area contributed by atoms with E-state index in [1.54, 1.807) is 0 Å². The molecule has 1 N–H and O–H groups in total. The summed E-state index contributed by atoms with van der Waals surface area (Å²) in [6.45, 7) is 6.20. The molecule has 6 rings (SSSR count). The van der Waals surface area contributed by atoms with Crippen molar-refractivity contribution in [3.05, 3.63) is 0 Å². The normalized spacial score (nSPS) is 38.4. The van der Waals surface area contributed by atoms with Crippen molar-refractivity contribution in [2.75, 3.05) is 6.54 Å². The molecule has 2 bridgehead atoms. The van der Waals surface area contributed by atoms with E-state index in [0.29, 0.717) is 17.4 Å². The van der Waals surface area contributed by atoms with Gasteiger partial charge in [-0.2, -0.15) is 0 Å². The molecular weight excluding hydrogens is 528 g/mol. The highest BCUT2D eigenvalue weighted by Gasteiger charge is 2.69. The van der Waals surface area contributed by atoms with Gasteiger partial charge in [0.1, 0.15) is 0 Å². The Labute approximate surface area is 232 Å². The zero-order chi connectivity index (χ0) is 28.7. The van der Waals surface area contributed by atoms with Gasteiger partial charge >= 0.3 is 11.9 Å². The maximum atomic E-state index is 12.7. The number of esters is 1. The number of hydrogen-bond acceptors (Lipinski definition) is 11. The lowest BCUT2D eigenvalue weighted by molar-refractivity contribution is -0.576. The van der Waals surface area contributed by atoms with Crippen LogP contribution in [0.25, 0.3) is 0 Å². The fourth-order valence-corrected chi connectivity index (χ4v) is 6.76. The minimum atomic E-state index is -0.926. The third-order valence-corrected chi connectivity index (χ3v) is 8.98. The number of imide groups is 1. The number of ether oxygens (including phenoxy) is 3. The van der Waals surface area contributed by atoms with Gasteiger partial charge in [0, 0.05) is 50.5 Å². The first-order chi connectivity index (χ1) is 19.0. The second-order valence-electron chi connectivity index (χ2n) is 11.8. The van der Waals surface area contributed by atoms with Crippen molar-refractivity contribution in [2.45, 2.75) is 109 Å². The fraction of sp³-hybridized carbons (Fsp3) is 0.815. The molecule has 222 valence electrons. The Kier molecular flexibility index (Phi) is 8.20. The van der Waals surface area contributed by atoms with Crippen LogP contribution in [-0.2, 0) is 52.8 Å². The Morgan fingerprint density at radius 2 is 1.73 bits per heavy atom. The summed E-state index contributed by atoms with van der Waals surface area (Å²) in [5, 5.41) is 3.12. The molecule has 0 aromatic heterocycles. The summed E-state index contributed by atoms with van der Waals surface area (Å²) >= 11 is 0. The summed E-state index contributed by atoms with van der Waals surface area (Å²) in [5.41, 5.74) is -0.748. The van der Waals surface area contributed by atoms with E-state index in [1.165, 1.54) is 0 Å². The average Bonchev–Trinajstić information content (AvgIpc) is 3.07. The third-order valence-electron chi connectivity index (χ3n) is 8.98. The van der Waals surface area contributed by atoms with Crippen molar-refractivity contribution >= 4 is 29.7 Å². The fourth-order valence-electron chi connectivity index (χ4n) is 6.76. The number of nitrogens with zero attached hydrogens (tertiary/aromatic N) is 1. The number of nitrogens with one attached hydrogen (secondary N) is 1. The zero-order valence-electron chi connectivity index (χ0n) is 23.2. The van der Waals surface area contributed by atoms with Crippen LogP contribution in [0, 0.1) is 23.7 Å². The van der Waals surface area contributed by atoms with E-state index in [4.69, 9.17) is 28.8 Å². The number of hydrogen-bond donors (Lipinski definition) is 1. The largest absolute Gasteiger partial charge is 0.435 e. The van der Waals surface area contributed by atoms with Crippen LogP contribution in [0.2, 0.25) is 0 Å². The van der Waals surface area contributed by atoms with Crippen molar-refractivity contribution in [2.24, 2.45) is 23.7 Å². The van der Waals surface area contributed by atoms with Gasteiger partial charge in [0.15, 0.2) is 11.9 Å². The average molecular weight is 567 g/mol. The van der Waals surface area contributed by atoms with Crippen molar-refractivity contribution < 1.29 is 52.8 Å². The topological polar surface area (TPSA) is 156 Å². The minimum absolute atomic E-state index is 0.0181. The minimum Gasteiger partial charge on any atom is -0.435 e. The highest BCUT2D eigenvalue weighted by molar-refractivity contribution is 6.01. The van der Waals surface area contributed by atoms with Crippen LogP contribution in [0.15, 0.2) is 0 Å². The number of carbonyl (C=O) groups excluding carboxylic acids is 5. The molecule has 1 saturated carbocycles. The number of carbonyl (C=O) groups is 5. The summed E-state index contributed by atoms with van der Waals surface area (Å²) in [6.07, 6.45) is 1.89. The summed E-state index contributed by atoms with van der Waals surface area (Å²) in [4.78, 5) is 76.4. The Balaban J connectivity index is 1.06. The summed E-state index contributed by atoms with van der Waals surface area (Å²) in [6, 6.07) is 0. The summed E-state index contributed by atoms with van der Waals surface area (Å²) in [7, 11) is 0. The van der Waals surface area contributed by atoms with Crippen molar-refractivity contribution in [1.29, 1.82) is 0 Å². The van der Waals surface area contributed by atoms with Gasteiger partial charge in [0.25, 0.3) is 11.8 Å². The summed E-state index contributed by atoms with van der Waals surface area (Å²) < 4.78 is 18.2. The maximum Gasteiger partial charge on any atom is 0.333 e. The summed E-state index contributed by atoms with van der Waals surface area (Å²) in [5.74, 6) is -3.21. The Morgan fingerprint density at radius 3 is 2.48 bits per heavy atom. The molecule has 3 amide bonds. The molecular formula is C27H38N2O11. The molecule has 5 aliphatic heterocycles. The Morgan fingerprint density at radius 1 is 0.975 bits per heavy atom. The van der Waals surface area contributed by atoms with Crippen molar-refractivity contribution in [3.8, 4) is 0 Å². The van der Waals surface area contributed by atoms with Crippen LogP contribution >= 0.6 is 0 Å². The third kappa shape index (κ3) is 5.48. The second-order valence-corrected chi connectivity index (χ2v) is 11.8. The molecule has 0 unspecified atom stereocenters. The van der Waals surface area contributed by atoms with E-state index in [-0.39, 0.29) is 68.7 Å². The van der Waals surface area contributed by atoms with Crippen LogP contribution in [0.5, 0.6) is 0 Å². The number of rotatable bonds is 9. The Bertz CT molecular complexity index is 1040. The van der Waals surface area contributed by atoms with Gasteiger partial charge in [-0.3, -0.25) is 19.2 Å². The molecule has 0 aromatic carbocycles. The van der Waals surface area contributed by atoms with E-state index in [0.717, 1.165) is 19.3 Å². The van der Waals surface area contributed by atoms with Gasteiger partial charge in [0.2, 0.25) is 18.0 Å². The van der Waals surface area contributed by atoms with Crippen LogP contribution in [0.3, 0.4) is 0 Å². The van der Waals surface area contributed by atoms with Crippen LogP contribution in [-0.4, -0.2) is 65.2 Å². The molecule has 1 aliphatic carbocycles. The van der Waals surface area contributed by atoms with Gasteiger partial charge in [-0.15, -0.1) is 5.06 Å². The monoisotopic (exact) mass is 566 g/mol. The van der Waals surface area contributed by atoms with Crippen molar-refractivity contribution in [3.63, 3.8) is 0 Å². The number of hydroxylamine groups is 2. The molecule has 8 atom stereocenters. The molecule has 0 aromatic rings. The SMILES string of the molecule is C[C@@H]1[C@H](OC(=O)CCC(=O)NCCCC(=O)ON2C(=O)CCC2=O)O[C@H]2O[C@]3(C)CC[C@H]4[C@H](C)CC[C@@H]1[C@@]24OO3. The first-order valence-electron chi connectivity index (χ1n) is 14.3.